The predicted molar refractivity (Wildman–Crippen MR) is 102 cm³/mol. The van der Waals surface area contributed by atoms with Crippen LogP contribution in [0.3, 0.4) is 0 Å². The average Bonchev–Trinajstić information content (AvgIpc) is 2.61. The minimum atomic E-state index is -0.913. The van der Waals surface area contributed by atoms with Gasteiger partial charge in [-0.25, -0.2) is 0 Å². The lowest BCUT2D eigenvalue weighted by Gasteiger charge is -2.23. The monoisotopic (exact) mass is 341 g/mol. The van der Waals surface area contributed by atoms with Gasteiger partial charge >= 0.3 is 0 Å². The molecule has 2 aromatic rings. The lowest BCUT2D eigenvalue weighted by Crippen LogP contribution is -2.22. The van der Waals surface area contributed by atoms with Gasteiger partial charge < -0.3 is 5.32 Å². The van der Waals surface area contributed by atoms with E-state index in [4.69, 9.17) is 0 Å². The predicted octanol–water partition coefficient (Wildman–Crippen LogP) is 4.71. The first-order chi connectivity index (χ1) is 11.5. The van der Waals surface area contributed by atoms with Gasteiger partial charge in [0.15, 0.2) is 0 Å². The van der Waals surface area contributed by atoms with Gasteiger partial charge in [0, 0.05) is 34.0 Å². The quantitative estimate of drug-likeness (QED) is 0.853. The van der Waals surface area contributed by atoms with Crippen molar-refractivity contribution in [2.24, 2.45) is 0 Å². The number of benzene rings is 2. The zero-order valence-corrected chi connectivity index (χ0v) is 15.7. The maximum absolute atomic E-state index is 11.5. The molecule has 0 saturated carbocycles. The van der Waals surface area contributed by atoms with Crippen molar-refractivity contribution in [2.45, 2.75) is 56.5 Å². The summed E-state index contributed by atoms with van der Waals surface area (Å²) in [4.78, 5) is 0.883. The Hall–Kier alpha value is -1.45. The second-order valence-corrected chi connectivity index (χ2v) is 8.25. The Bertz CT molecular complexity index is 723. The first-order valence-corrected chi connectivity index (χ1v) is 10.4. The average molecular weight is 342 g/mol. The van der Waals surface area contributed by atoms with E-state index in [0.717, 1.165) is 4.90 Å². The van der Waals surface area contributed by atoms with Crippen LogP contribution in [0.5, 0.6) is 0 Å². The summed E-state index contributed by atoms with van der Waals surface area (Å²) in [6.45, 7) is 4.42. The summed E-state index contributed by atoms with van der Waals surface area (Å²) in [5.74, 6) is 0. The number of nitrogens with one attached hydrogen (secondary N) is 1. The summed E-state index contributed by atoms with van der Waals surface area (Å²) in [5, 5.41) is 3.69. The number of aryl methyl sites for hydroxylation is 2. The third-order valence-corrected chi connectivity index (χ3v) is 6.02. The minimum absolute atomic E-state index is 0.260. The second kappa shape index (κ2) is 7.62. The van der Waals surface area contributed by atoms with Gasteiger partial charge in [-0.2, -0.15) is 0 Å². The molecular formula is C21H27NOS. The second-order valence-electron chi connectivity index (χ2n) is 6.87. The van der Waals surface area contributed by atoms with E-state index in [1.807, 2.05) is 12.1 Å². The van der Waals surface area contributed by atoms with Crippen LogP contribution < -0.4 is 5.32 Å². The van der Waals surface area contributed by atoms with E-state index in [1.165, 1.54) is 47.9 Å². The Morgan fingerprint density at radius 1 is 0.875 bits per heavy atom. The van der Waals surface area contributed by atoms with Crippen LogP contribution in [-0.4, -0.2) is 10.5 Å². The molecule has 1 aliphatic carbocycles. The van der Waals surface area contributed by atoms with E-state index in [2.05, 4.69) is 49.5 Å². The van der Waals surface area contributed by atoms with Crippen LogP contribution in [0.25, 0.3) is 0 Å². The van der Waals surface area contributed by atoms with Crippen molar-refractivity contribution >= 4 is 10.8 Å². The summed E-state index contributed by atoms with van der Waals surface area (Å²) in [5.41, 5.74) is 5.67. The molecule has 0 saturated heterocycles. The molecule has 24 heavy (non-hydrogen) atoms. The molecule has 1 N–H and O–H groups in total. The van der Waals surface area contributed by atoms with Crippen molar-refractivity contribution in [3.63, 3.8) is 0 Å². The molecule has 0 bridgehead atoms. The standard InChI is InChI=1S/C21H27NOS/c1-15(17-10-12-21(13-11-17)24(3)23)22-16(2)19-9-8-18-6-4-5-7-20(18)14-19/h8-16,22H,4-7H2,1-3H3/t15-,16-,24-/m0/s1. The van der Waals surface area contributed by atoms with Gasteiger partial charge in [-0.1, -0.05) is 30.3 Å². The summed E-state index contributed by atoms with van der Waals surface area (Å²) < 4.78 is 11.5. The van der Waals surface area contributed by atoms with E-state index in [-0.39, 0.29) is 6.04 Å². The highest BCUT2D eigenvalue weighted by molar-refractivity contribution is 7.84. The molecular weight excluding hydrogens is 314 g/mol. The molecule has 0 spiro atoms. The molecule has 3 rings (SSSR count). The van der Waals surface area contributed by atoms with Crippen LogP contribution >= 0.6 is 0 Å². The number of rotatable bonds is 5. The minimum Gasteiger partial charge on any atom is -0.304 e. The fourth-order valence-electron chi connectivity index (χ4n) is 3.54. The molecule has 128 valence electrons. The zero-order valence-electron chi connectivity index (χ0n) is 14.8. The molecule has 0 aliphatic heterocycles. The summed E-state index contributed by atoms with van der Waals surface area (Å²) >= 11 is 0. The van der Waals surface area contributed by atoms with E-state index in [0.29, 0.717) is 6.04 Å². The Kier molecular flexibility index (Phi) is 5.52. The van der Waals surface area contributed by atoms with Crippen molar-refractivity contribution in [1.82, 2.24) is 5.32 Å². The zero-order chi connectivity index (χ0) is 17.1. The highest BCUT2D eigenvalue weighted by atomic mass is 32.2. The third-order valence-electron chi connectivity index (χ3n) is 5.08. The summed E-state index contributed by atoms with van der Waals surface area (Å²) in [6, 6.07) is 15.6. The van der Waals surface area contributed by atoms with E-state index in [9.17, 15) is 4.21 Å². The number of hydrogen-bond acceptors (Lipinski definition) is 2. The summed E-state index contributed by atoms with van der Waals surface area (Å²) in [7, 11) is -0.913. The van der Waals surface area contributed by atoms with Gasteiger partial charge in [0.25, 0.3) is 0 Å². The Morgan fingerprint density at radius 2 is 1.46 bits per heavy atom. The van der Waals surface area contributed by atoms with Gasteiger partial charge in [0.2, 0.25) is 0 Å². The Labute approximate surface area is 148 Å². The fourth-order valence-corrected chi connectivity index (χ4v) is 4.06. The molecule has 0 radical (unpaired) electrons. The van der Waals surface area contributed by atoms with Crippen molar-refractivity contribution in [3.8, 4) is 0 Å². The first-order valence-electron chi connectivity index (χ1n) is 8.85. The smallest absolute Gasteiger partial charge is 0.0498 e. The Morgan fingerprint density at radius 3 is 2.12 bits per heavy atom. The third kappa shape index (κ3) is 3.96. The molecule has 0 heterocycles. The van der Waals surface area contributed by atoms with Crippen molar-refractivity contribution < 1.29 is 4.21 Å². The van der Waals surface area contributed by atoms with Gasteiger partial charge in [-0.15, -0.1) is 0 Å². The molecule has 1 aliphatic rings. The SMILES string of the molecule is C[C@H](N[C@@H](C)c1ccc2c(c1)CCCC2)c1ccc([S@](C)=O)cc1. The first kappa shape index (κ1) is 17.4. The van der Waals surface area contributed by atoms with Crippen LogP contribution in [0.15, 0.2) is 47.4 Å². The van der Waals surface area contributed by atoms with Crippen LogP contribution in [0.1, 0.15) is 61.0 Å². The van der Waals surface area contributed by atoms with E-state index < -0.39 is 10.8 Å². The van der Waals surface area contributed by atoms with Crippen LogP contribution in [-0.2, 0) is 23.6 Å². The Balaban J connectivity index is 1.69. The van der Waals surface area contributed by atoms with Crippen molar-refractivity contribution in [2.75, 3.05) is 6.26 Å². The topological polar surface area (TPSA) is 29.1 Å². The van der Waals surface area contributed by atoms with Gasteiger partial charge in [0.05, 0.1) is 0 Å². The van der Waals surface area contributed by atoms with Crippen LogP contribution in [0, 0.1) is 0 Å². The van der Waals surface area contributed by atoms with Gasteiger partial charge in [0.1, 0.15) is 0 Å². The molecule has 3 heteroatoms. The fraction of sp³-hybridized carbons (Fsp3) is 0.429. The highest BCUT2D eigenvalue weighted by Gasteiger charge is 2.15. The molecule has 2 nitrogen and oxygen atoms in total. The maximum atomic E-state index is 11.5. The lowest BCUT2D eigenvalue weighted by atomic mass is 9.89. The lowest BCUT2D eigenvalue weighted by molar-refractivity contribution is 0.493. The normalized spacial score (nSPS) is 17.8. The molecule has 3 atom stereocenters. The van der Waals surface area contributed by atoms with Crippen molar-refractivity contribution in [1.29, 1.82) is 0 Å². The van der Waals surface area contributed by atoms with E-state index in [1.54, 1.807) is 6.26 Å². The summed E-state index contributed by atoms with van der Waals surface area (Å²) in [6.07, 6.45) is 6.82. The van der Waals surface area contributed by atoms with Crippen LogP contribution in [0.4, 0.5) is 0 Å². The van der Waals surface area contributed by atoms with Crippen molar-refractivity contribution in [3.05, 3.63) is 64.7 Å². The van der Waals surface area contributed by atoms with E-state index >= 15 is 0 Å². The molecule has 0 fully saturated rings. The maximum Gasteiger partial charge on any atom is 0.0498 e. The van der Waals surface area contributed by atoms with Crippen LogP contribution in [0.2, 0.25) is 0 Å². The molecule has 0 aromatic heterocycles. The molecule has 0 amide bonds. The number of fused-ring (bicyclic) bond motifs is 1. The van der Waals surface area contributed by atoms with Gasteiger partial charge in [-0.05, 0) is 73.9 Å². The number of hydrogen-bond donors (Lipinski definition) is 1. The van der Waals surface area contributed by atoms with Gasteiger partial charge in [-0.3, -0.25) is 4.21 Å². The molecule has 2 aromatic carbocycles. The highest BCUT2D eigenvalue weighted by Crippen LogP contribution is 2.26. The molecule has 0 unspecified atom stereocenters. The largest absolute Gasteiger partial charge is 0.304 e.